The van der Waals surface area contributed by atoms with Gasteiger partial charge in [-0.25, -0.2) is 10.6 Å². The predicted molar refractivity (Wildman–Crippen MR) is 125 cm³/mol. The van der Waals surface area contributed by atoms with Gasteiger partial charge >= 0.3 is 5.97 Å². The summed E-state index contributed by atoms with van der Waals surface area (Å²) in [5, 5.41) is 0. The Kier molecular flexibility index (Phi) is 4.58. The van der Waals surface area contributed by atoms with Crippen molar-refractivity contribution in [2.45, 2.75) is 5.60 Å². The number of carbonyl (C=O) groups excluding carboxylic acids is 2. The van der Waals surface area contributed by atoms with Crippen molar-refractivity contribution in [2.24, 2.45) is 5.84 Å². The Morgan fingerprint density at radius 2 is 1.42 bits per heavy atom. The molecule has 33 heavy (non-hydrogen) atoms. The van der Waals surface area contributed by atoms with Crippen LogP contribution in [0.25, 0.3) is 0 Å². The Labute approximate surface area is 191 Å². The zero-order chi connectivity index (χ0) is 23.5. The molecular formula is C25H24N4O4. The van der Waals surface area contributed by atoms with Crippen molar-refractivity contribution in [3.63, 3.8) is 0 Å². The van der Waals surface area contributed by atoms with E-state index in [-0.39, 0.29) is 0 Å². The third-order valence-corrected chi connectivity index (χ3v) is 6.20. The fourth-order valence-corrected chi connectivity index (χ4v) is 4.48. The lowest BCUT2D eigenvalue weighted by Crippen LogP contribution is -2.34. The lowest BCUT2D eigenvalue weighted by atomic mass is 9.77. The topological polar surface area (TPSA) is 97.1 Å². The van der Waals surface area contributed by atoms with Gasteiger partial charge in [-0.15, -0.1) is 0 Å². The summed E-state index contributed by atoms with van der Waals surface area (Å²) in [4.78, 5) is 29.3. The molecule has 0 radical (unpaired) electrons. The number of carbonyl (C=O) groups is 2. The van der Waals surface area contributed by atoms with E-state index in [1.807, 2.05) is 74.4 Å². The Bertz CT molecular complexity index is 1260. The van der Waals surface area contributed by atoms with Gasteiger partial charge in [0.25, 0.3) is 5.91 Å². The zero-order valence-corrected chi connectivity index (χ0v) is 18.8. The maximum Gasteiger partial charge on any atom is 0.340 e. The minimum absolute atomic E-state index is 0.332. The smallest absolute Gasteiger partial charge is 0.340 e. The highest BCUT2D eigenvalue weighted by atomic mass is 16.6. The molecule has 5 rings (SSSR count). The van der Waals surface area contributed by atoms with Gasteiger partial charge in [0.1, 0.15) is 11.5 Å². The molecule has 3 aromatic rings. The van der Waals surface area contributed by atoms with Crippen molar-refractivity contribution in [2.75, 3.05) is 38.0 Å². The van der Waals surface area contributed by atoms with Gasteiger partial charge in [-0.05, 0) is 42.5 Å². The van der Waals surface area contributed by atoms with Gasteiger partial charge in [0.15, 0.2) is 5.60 Å². The first-order chi connectivity index (χ1) is 15.8. The van der Waals surface area contributed by atoms with Crippen LogP contribution in [-0.2, 0) is 10.3 Å². The second kappa shape index (κ2) is 7.25. The summed E-state index contributed by atoms with van der Waals surface area (Å²) in [7, 11) is 7.78. The van der Waals surface area contributed by atoms with Gasteiger partial charge in [0.05, 0.1) is 5.56 Å². The predicted octanol–water partition coefficient (Wildman–Crippen LogP) is 2.99. The second-order valence-electron chi connectivity index (χ2n) is 8.56. The molecule has 2 heterocycles. The van der Waals surface area contributed by atoms with E-state index in [1.165, 1.54) is 0 Å². The van der Waals surface area contributed by atoms with Crippen LogP contribution in [-0.4, -0.2) is 40.1 Å². The second-order valence-corrected chi connectivity index (χ2v) is 8.56. The molecule has 1 spiro atoms. The number of nitrogens with two attached hydrogens (primary N) is 1. The Hall–Kier alpha value is -4.04. The first kappa shape index (κ1) is 20.8. The third kappa shape index (κ3) is 2.95. The number of ether oxygens (including phenoxy) is 2. The Balaban J connectivity index is 1.83. The van der Waals surface area contributed by atoms with E-state index in [0.717, 1.165) is 11.4 Å². The van der Waals surface area contributed by atoms with Crippen LogP contribution >= 0.6 is 0 Å². The van der Waals surface area contributed by atoms with Crippen LogP contribution in [0, 0.1) is 0 Å². The first-order valence-corrected chi connectivity index (χ1v) is 10.5. The van der Waals surface area contributed by atoms with Crippen LogP contribution in [0.3, 0.4) is 0 Å². The number of nitrogens with zero attached hydrogens (tertiary/aromatic N) is 2. The van der Waals surface area contributed by atoms with Gasteiger partial charge in [0, 0.05) is 74.0 Å². The molecule has 2 aliphatic rings. The third-order valence-electron chi connectivity index (χ3n) is 6.20. The summed E-state index contributed by atoms with van der Waals surface area (Å²) in [5.41, 5.74) is 5.47. The fraction of sp³-hybridized carbons (Fsp3) is 0.200. The van der Waals surface area contributed by atoms with E-state index in [9.17, 15) is 9.59 Å². The Morgan fingerprint density at radius 3 is 1.94 bits per heavy atom. The molecule has 8 heteroatoms. The first-order valence-electron chi connectivity index (χ1n) is 10.5. The maximum absolute atomic E-state index is 13.1. The van der Waals surface area contributed by atoms with Crippen LogP contribution < -0.4 is 25.8 Å². The summed E-state index contributed by atoms with van der Waals surface area (Å²) < 4.78 is 12.5. The van der Waals surface area contributed by atoms with E-state index in [2.05, 4.69) is 5.43 Å². The highest BCUT2D eigenvalue weighted by Gasteiger charge is 2.53. The summed E-state index contributed by atoms with van der Waals surface area (Å²) in [6.45, 7) is 0. The molecule has 0 aliphatic carbocycles. The summed E-state index contributed by atoms with van der Waals surface area (Å²) >= 11 is 0. The molecule has 0 atom stereocenters. The SMILES string of the molecule is CN(C)c1ccc2c(c1)Oc1cc(N(C)C)ccc1C21OC(=O)c2ccc(C(=O)NN)cc21. The number of hydrogen-bond donors (Lipinski definition) is 2. The van der Waals surface area contributed by atoms with Crippen LogP contribution in [0.4, 0.5) is 11.4 Å². The number of rotatable bonds is 3. The zero-order valence-electron chi connectivity index (χ0n) is 18.8. The number of amides is 1. The standard InChI is InChI=1S/C25H24N4O4/c1-28(2)15-6-9-18-21(12-15)32-22-13-16(29(3)4)7-10-19(22)25(18)20-11-14(23(30)27-26)5-8-17(20)24(31)33-25/h5-13H,26H2,1-4H3,(H,27,30). The van der Waals surface area contributed by atoms with E-state index >= 15 is 0 Å². The molecule has 8 nitrogen and oxygen atoms in total. The molecule has 0 unspecified atom stereocenters. The lowest BCUT2D eigenvalue weighted by Gasteiger charge is -2.37. The van der Waals surface area contributed by atoms with Crippen molar-refractivity contribution >= 4 is 23.3 Å². The van der Waals surface area contributed by atoms with Crippen molar-refractivity contribution in [3.05, 3.63) is 82.4 Å². The molecule has 0 aromatic heterocycles. The maximum atomic E-state index is 13.1. The average molecular weight is 444 g/mol. The van der Waals surface area contributed by atoms with E-state index in [1.54, 1.807) is 18.2 Å². The van der Waals surface area contributed by atoms with Crippen LogP contribution in [0.1, 0.15) is 37.4 Å². The number of hydrazine groups is 1. The van der Waals surface area contributed by atoms with E-state index < -0.39 is 17.5 Å². The van der Waals surface area contributed by atoms with Crippen molar-refractivity contribution < 1.29 is 19.1 Å². The Morgan fingerprint density at radius 1 is 0.848 bits per heavy atom. The molecule has 0 saturated carbocycles. The highest BCUT2D eigenvalue weighted by molar-refractivity contribution is 6.00. The van der Waals surface area contributed by atoms with Gasteiger partial charge in [-0.2, -0.15) is 0 Å². The van der Waals surface area contributed by atoms with Gasteiger partial charge in [-0.1, -0.05) is 0 Å². The molecule has 0 saturated heterocycles. The number of hydrogen-bond acceptors (Lipinski definition) is 7. The summed E-state index contributed by atoms with van der Waals surface area (Å²) in [6, 6.07) is 16.4. The largest absolute Gasteiger partial charge is 0.456 e. The number of esters is 1. The molecule has 2 aliphatic heterocycles. The van der Waals surface area contributed by atoms with E-state index in [0.29, 0.717) is 39.3 Å². The van der Waals surface area contributed by atoms with Gasteiger partial charge in [0.2, 0.25) is 0 Å². The molecule has 3 N–H and O–H groups in total. The highest BCUT2D eigenvalue weighted by Crippen LogP contribution is 2.57. The quantitative estimate of drug-likeness (QED) is 0.277. The average Bonchev–Trinajstić information content (AvgIpc) is 3.10. The molecular weight excluding hydrogens is 420 g/mol. The fourth-order valence-electron chi connectivity index (χ4n) is 4.48. The number of anilines is 2. The van der Waals surface area contributed by atoms with E-state index in [4.69, 9.17) is 15.3 Å². The van der Waals surface area contributed by atoms with Crippen LogP contribution in [0.2, 0.25) is 0 Å². The molecule has 168 valence electrons. The van der Waals surface area contributed by atoms with Gasteiger partial charge < -0.3 is 19.3 Å². The van der Waals surface area contributed by atoms with Crippen molar-refractivity contribution in [3.8, 4) is 11.5 Å². The molecule has 0 bridgehead atoms. The summed E-state index contributed by atoms with van der Waals surface area (Å²) in [6.07, 6.45) is 0. The lowest BCUT2D eigenvalue weighted by molar-refractivity contribution is 0.0224. The summed E-state index contributed by atoms with van der Waals surface area (Å²) in [5.74, 6) is 5.61. The number of nitrogens with one attached hydrogen (secondary N) is 1. The van der Waals surface area contributed by atoms with Crippen LogP contribution in [0.5, 0.6) is 11.5 Å². The van der Waals surface area contributed by atoms with Crippen LogP contribution in [0.15, 0.2) is 54.6 Å². The number of nitrogen functional groups attached to an aromatic ring is 1. The normalized spacial score (nSPS) is 14.5. The number of benzene rings is 3. The molecule has 3 aromatic carbocycles. The minimum Gasteiger partial charge on any atom is -0.456 e. The van der Waals surface area contributed by atoms with Gasteiger partial charge in [-0.3, -0.25) is 10.2 Å². The molecule has 0 fully saturated rings. The number of fused-ring (bicyclic) bond motifs is 6. The van der Waals surface area contributed by atoms with Crippen molar-refractivity contribution in [1.29, 1.82) is 0 Å². The molecule has 1 amide bonds. The minimum atomic E-state index is -1.25. The monoisotopic (exact) mass is 444 g/mol. The van der Waals surface area contributed by atoms with Crippen molar-refractivity contribution in [1.82, 2.24) is 5.43 Å².